The molecule has 46 heavy (non-hydrogen) atoms. The van der Waals surface area contributed by atoms with Crippen LogP contribution in [0.4, 0.5) is 0 Å². The van der Waals surface area contributed by atoms with E-state index in [-0.39, 0.29) is 22.2 Å². The van der Waals surface area contributed by atoms with Crippen molar-refractivity contribution in [2.75, 3.05) is 6.61 Å². The van der Waals surface area contributed by atoms with E-state index in [1.807, 2.05) is 6.92 Å². The zero-order valence-corrected chi connectivity index (χ0v) is 28.0. The van der Waals surface area contributed by atoms with Gasteiger partial charge in [0.2, 0.25) is 12.4 Å². The van der Waals surface area contributed by atoms with Crippen LogP contribution in [0, 0.1) is 33.5 Å². The van der Waals surface area contributed by atoms with E-state index in [4.69, 9.17) is 28.4 Å². The second-order valence-corrected chi connectivity index (χ2v) is 15.1. The van der Waals surface area contributed by atoms with Gasteiger partial charge in [0.15, 0.2) is 12.2 Å². The number of ketones is 1. The van der Waals surface area contributed by atoms with Crippen molar-refractivity contribution in [3.8, 4) is 0 Å². The van der Waals surface area contributed by atoms with Crippen LogP contribution in [0.1, 0.15) is 106 Å². The molecule has 4 saturated carbocycles. The fraction of sp³-hybridized carbons (Fsp3) is 0.824. The van der Waals surface area contributed by atoms with E-state index in [1.54, 1.807) is 0 Å². The van der Waals surface area contributed by atoms with Crippen LogP contribution in [0.2, 0.25) is 0 Å². The van der Waals surface area contributed by atoms with Crippen molar-refractivity contribution in [1.82, 2.24) is 0 Å². The Morgan fingerprint density at radius 2 is 1.35 bits per heavy atom. The molecule has 1 heterocycles. The number of fused-ring (bicyclic) bond motifs is 3. The summed E-state index contributed by atoms with van der Waals surface area (Å²) in [6.45, 7) is 10.5. The van der Waals surface area contributed by atoms with Crippen LogP contribution in [0.3, 0.4) is 0 Å². The van der Waals surface area contributed by atoms with Crippen LogP contribution >= 0.6 is 0 Å². The fourth-order valence-corrected chi connectivity index (χ4v) is 10.3. The molecular formula is C34H48O12. The summed E-state index contributed by atoms with van der Waals surface area (Å²) in [4.78, 5) is 75.8. The quantitative estimate of drug-likeness (QED) is 0.289. The van der Waals surface area contributed by atoms with E-state index in [0.29, 0.717) is 24.5 Å². The lowest BCUT2D eigenvalue weighted by atomic mass is 9.40. The number of esters is 5. The topological polar surface area (TPSA) is 158 Å². The van der Waals surface area contributed by atoms with Crippen molar-refractivity contribution < 1.29 is 57.2 Å². The first-order chi connectivity index (χ1) is 21.4. The average molecular weight is 649 g/mol. The number of Topliss-reactive ketones (excluding diaryl/α,β-unsaturated/α-hetero) is 1. The molecule has 0 amide bonds. The molecular weight excluding hydrogens is 600 g/mol. The molecule has 11 atom stereocenters. The van der Waals surface area contributed by atoms with Gasteiger partial charge in [-0.05, 0) is 74.5 Å². The van der Waals surface area contributed by atoms with Crippen LogP contribution in [0.5, 0.6) is 0 Å². The number of ether oxygens (including phenoxy) is 6. The van der Waals surface area contributed by atoms with E-state index in [1.165, 1.54) is 6.92 Å². The molecule has 5 aliphatic rings. The molecule has 0 aromatic rings. The fourth-order valence-electron chi connectivity index (χ4n) is 10.3. The van der Waals surface area contributed by atoms with Gasteiger partial charge in [-0.3, -0.25) is 28.8 Å². The van der Waals surface area contributed by atoms with Crippen molar-refractivity contribution in [1.29, 1.82) is 0 Å². The Morgan fingerprint density at radius 3 is 1.98 bits per heavy atom. The maximum atomic E-state index is 14.4. The molecule has 2 bridgehead atoms. The Balaban J connectivity index is 1.45. The van der Waals surface area contributed by atoms with E-state index in [9.17, 15) is 28.8 Å². The molecule has 0 aromatic heterocycles. The third kappa shape index (κ3) is 5.94. The molecule has 0 radical (unpaired) electrons. The Kier molecular flexibility index (Phi) is 9.11. The maximum absolute atomic E-state index is 14.4. The third-order valence-electron chi connectivity index (χ3n) is 12.0. The van der Waals surface area contributed by atoms with E-state index >= 15 is 0 Å². The molecule has 0 unspecified atom stereocenters. The summed E-state index contributed by atoms with van der Waals surface area (Å²) in [6, 6.07) is 0. The average Bonchev–Trinajstić information content (AvgIpc) is 3.12. The normalized spacial score (nSPS) is 42.9. The standard InChI is InChI=1S/C34H48O12/c1-18(35)41-16-22-26(42-19(2)36)27(43-20(3)37)28(44-21(4)38)29(45-22)46-30(40)33(7)12-8-11-32(6)23(33)10-14-34-15-25(39)31(5,17-34)13-9-24(32)34/h22-24,26-29H,8-17H2,1-7H3/t22-,23+,24+,26+,27+,28-,29+,31+,32-,33-,34+/m1/s1. The van der Waals surface area contributed by atoms with Gasteiger partial charge >= 0.3 is 29.8 Å². The SMILES string of the molecule is CC(=O)OC[C@H]1O[C@@H](OC(=O)[C@]2(C)CCC[C@@]3(C)[C@@H]4CC[C@@]5(C)C[C@]4(CC[C@@H]32)CC5=O)[C@H](OC(C)=O)[C@@H](OC(C)=O)[C@H]1OC(C)=O. The van der Waals surface area contributed by atoms with Crippen molar-refractivity contribution in [3.05, 3.63) is 0 Å². The van der Waals surface area contributed by atoms with Gasteiger partial charge in [0.25, 0.3) is 0 Å². The van der Waals surface area contributed by atoms with E-state index in [0.717, 1.165) is 65.7 Å². The van der Waals surface area contributed by atoms with Crippen molar-refractivity contribution >= 4 is 35.6 Å². The van der Waals surface area contributed by atoms with Gasteiger partial charge in [0, 0.05) is 39.5 Å². The number of carbonyl (C=O) groups is 6. The number of carbonyl (C=O) groups excluding carboxylic acids is 6. The first kappa shape index (κ1) is 34.3. The number of hydrogen-bond acceptors (Lipinski definition) is 12. The third-order valence-corrected chi connectivity index (χ3v) is 12.0. The monoisotopic (exact) mass is 648 g/mol. The summed E-state index contributed by atoms with van der Waals surface area (Å²) in [5.41, 5.74) is -1.38. The molecule has 1 saturated heterocycles. The molecule has 5 rings (SSSR count). The number of hydrogen-bond donors (Lipinski definition) is 0. The maximum Gasteiger partial charge on any atom is 0.314 e. The highest BCUT2D eigenvalue weighted by atomic mass is 16.7. The zero-order valence-electron chi connectivity index (χ0n) is 28.0. The lowest BCUT2D eigenvalue weighted by Crippen LogP contribution is -2.64. The highest BCUT2D eigenvalue weighted by Crippen LogP contribution is 2.73. The Labute approximate surface area is 269 Å². The van der Waals surface area contributed by atoms with Gasteiger partial charge in [-0.2, -0.15) is 0 Å². The van der Waals surface area contributed by atoms with Gasteiger partial charge < -0.3 is 28.4 Å². The van der Waals surface area contributed by atoms with Crippen LogP contribution in [-0.4, -0.2) is 72.9 Å². The predicted molar refractivity (Wildman–Crippen MR) is 158 cm³/mol. The summed E-state index contributed by atoms with van der Waals surface area (Å²) >= 11 is 0. The Morgan fingerprint density at radius 1 is 0.739 bits per heavy atom. The van der Waals surface area contributed by atoms with Crippen LogP contribution in [-0.2, 0) is 57.2 Å². The lowest BCUT2D eigenvalue weighted by molar-refractivity contribution is -0.305. The molecule has 0 N–H and O–H groups in total. The molecule has 1 aliphatic heterocycles. The molecule has 4 aliphatic carbocycles. The second-order valence-electron chi connectivity index (χ2n) is 15.1. The van der Waals surface area contributed by atoms with Crippen molar-refractivity contribution in [2.45, 2.75) is 137 Å². The molecule has 0 aromatic carbocycles. The highest BCUT2D eigenvalue weighted by Gasteiger charge is 2.68. The summed E-state index contributed by atoms with van der Waals surface area (Å²) in [6.07, 6.45) is 0.334. The van der Waals surface area contributed by atoms with Gasteiger partial charge in [-0.15, -0.1) is 0 Å². The van der Waals surface area contributed by atoms with Crippen molar-refractivity contribution in [2.24, 2.45) is 33.5 Å². The first-order valence-corrected chi connectivity index (χ1v) is 16.5. The van der Waals surface area contributed by atoms with Gasteiger partial charge in [0.05, 0.1) is 5.41 Å². The molecule has 256 valence electrons. The minimum Gasteiger partial charge on any atom is -0.463 e. The van der Waals surface area contributed by atoms with Crippen LogP contribution < -0.4 is 0 Å². The lowest BCUT2D eigenvalue weighted by Gasteiger charge is -2.64. The van der Waals surface area contributed by atoms with Gasteiger partial charge in [-0.1, -0.05) is 20.3 Å². The second kappa shape index (κ2) is 12.2. The van der Waals surface area contributed by atoms with E-state index < -0.39 is 72.6 Å². The molecule has 5 fully saturated rings. The zero-order chi connectivity index (χ0) is 33.8. The van der Waals surface area contributed by atoms with Crippen LogP contribution in [0.15, 0.2) is 0 Å². The van der Waals surface area contributed by atoms with Gasteiger partial charge in [0.1, 0.15) is 18.5 Å². The predicted octanol–water partition coefficient (Wildman–Crippen LogP) is 3.98. The molecule has 12 nitrogen and oxygen atoms in total. The van der Waals surface area contributed by atoms with Crippen LogP contribution in [0.25, 0.3) is 0 Å². The summed E-state index contributed by atoms with van der Waals surface area (Å²) in [5, 5.41) is 0. The highest BCUT2D eigenvalue weighted by molar-refractivity contribution is 5.88. The Hall–Kier alpha value is -3.02. The first-order valence-electron chi connectivity index (χ1n) is 16.5. The Bertz CT molecular complexity index is 1290. The summed E-state index contributed by atoms with van der Waals surface area (Å²) in [5.74, 6) is -2.79. The minimum absolute atomic E-state index is 0.0254. The van der Waals surface area contributed by atoms with Crippen molar-refractivity contribution in [3.63, 3.8) is 0 Å². The largest absolute Gasteiger partial charge is 0.463 e. The minimum atomic E-state index is -1.56. The number of rotatable bonds is 7. The summed E-state index contributed by atoms with van der Waals surface area (Å²) in [7, 11) is 0. The van der Waals surface area contributed by atoms with E-state index in [2.05, 4.69) is 13.8 Å². The molecule has 1 spiro atoms. The van der Waals surface area contributed by atoms with Gasteiger partial charge in [-0.25, -0.2) is 0 Å². The summed E-state index contributed by atoms with van der Waals surface area (Å²) < 4.78 is 33.8. The molecule has 12 heteroatoms. The smallest absolute Gasteiger partial charge is 0.314 e.